The summed E-state index contributed by atoms with van der Waals surface area (Å²) in [4.78, 5) is 0. The molecule has 0 atom stereocenters. The number of halogens is 1. The molecule has 0 bridgehead atoms. The fourth-order valence-electron chi connectivity index (χ4n) is 2.56. The topological polar surface area (TPSA) is 64.2 Å². The van der Waals surface area contributed by atoms with Crippen LogP contribution in [-0.2, 0) is 0 Å². The van der Waals surface area contributed by atoms with Crippen LogP contribution in [0, 0.1) is 5.82 Å². The van der Waals surface area contributed by atoms with E-state index in [1.807, 2.05) is 6.07 Å². The van der Waals surface area contributed by atoms with Gasteiger partial charge in [0.05, 0.1) is 0 Å². The highest BCUT2D eigenvalue weighted by Crippen LogP contribution is 2.34. The lowest BCUT2D eigenvalue weighted by atomic mass is 10.1. The van der Waals surface area contributed by atoms with Crippen LogP contribution in [0.25, 0.3) is 22.3 Å². The van der Waals surface area contributed by atoms with Crippen molar-refractivity contribution in [2.45, 2.75) is 0 Å². The van der Waals surface area contributed by atoms with Crippen LogP contribution >= 0.6 is 0 Å². The van der Waals surface area contributed by atoms with E-state index >= 15 is 0 Å². The second-order valence-electron chi connectivity index (χ2n) is 5.09. The van der Waals surface area contributed by atoms with Crippen LogP contribution in [0.1, 0.15) is 0 Å². The summed E-state index contributed by atoms with van der Waals surface area (Å²) >= 11 is 0. The predicted molar refractivity (Wildman–Crippen MR) is 79.9 cm³/mol. The molecule has 23 heavy (non-hydrogen) atoms. The first-order valence-electron chi connectivity index (χ1n) is 7.06. The Morgan fingerprint density at radius 3 is 2.61 bits per heavy atom. The molecule has 1 aliphatic rings. The number of fused-ring (bicyclic) bond motifs is 2. The first-order valence-corrected chi connectivity index (χ1v) is 7.06. The molecule has 2 heterocycles. The number of benzene rings is 2. The molecule has 0 fully saturated rings. The average molecular weight is 313 g/mol. The molecule has 116 valence electrons. The third-order valence-corrected chi connectivity index (χ3v) is 3.64. The van der Waals surface area contributed by atoms with Gasteiger partial charge in [0.2, 0.25) is 0 Å². The molecule has 0 saturated carbocycles. The molecule has 1 aromatic heterocycles. The maximum atomic E-state index is 13.4. The molecule has 2 aromatic carbocycles. The van der Waals surface area contributed by atoms with Crippen molar-refractivity contribution in [3.8, 4) is 22.8 Å². The van der Waals surface area contributed by atoms with Gasteiger partial charge in [0.25, 0.3) is 0 Å². The summed E-state index contributed by atoms with van der Waals surface area (Å²) in [6.07, 6.45) is 0. The Balaban J connectivity index is 1.91. The van der Waals surface area contributed by atoms with Gasteiger partial charge in [0.1, 0.15) is 35.7 Å². The summed E-state index contributed by atoms with van der Waals surface area (Å²) < 4.78 is 30.2. The fraction of sp³-hybridized carbons (Fsp3) is 0.118. The van der Waals surface area contributed by atoms with Crippen molar-refractivity contribution in [1.29, 1.82) is 0 Å². The quantitative estimate of drug-likeness (QED) is 0.553. The van der Waals surface area contributed by atoms with Crippen LogP contribution in [0.2, 0.25) is 0 Å². The molecule has 1 N–H and O–H groups in total. The molecule has 0 unspecified atom stereocenters. The molecule has 0 spiro atoms. The van der Waals surface area contributed by atoms with E-state index in [1.165, 1.54) is 18.2 Å². The second-order valence-corrected chi connectivity index (χ2v) is 5.09. The Morgan fingerprint density at radius 1 is 0.957 bits per heavy atom. The molecule has 0 aliphatic carbocycles. The first-order chi connectivity index (χ1) is 11.2. The number of ether oxygens (including phenoxy) is 2. The number of rotatable bonds is 1. The van der Waals surface area contributed by atoms with Gasteiger partial charge in [-0.25, -0.2) is 4.39 Å². The standard InChI is InChI=1S/C17H12FNO4/c18-11-2-4-14-12(8-11)13(19-20)9-16(23-14)10-1-3-15-17(7-10)22-6-5-21-15/h1-4,7-9,20H,5-6H2/b19-13-. The summed E-state index contributed by atoms with van der Waals surface area (Å²) in [5.41, 5.74) is 1.16. The maximum absolute atomic E-state index is 13.4. The van der Waals surface area contributed by atoms with Crippen molar-refractivity contribution < 1.29 is 23.5 Å². The van der Waals surface area contributed by atoms with E-state index in [0.29, 0.717) is 41.4 Å². The van der Waals surface area contributed by atoms with Crippen molar-refractivity contribution in [2.75, 3.05) is 13.2 Å². The summed E-state index contributed by atoms with van der Waals surface area (Å²) in [6, 6.07) is 11.0. The zero-order valence-corrected chi connectivity index (χ0v) is 12.0. The maximum Gasteiger partial charge on any atom is 0.162 e. The van der Waals surface area contributed by atoms with Gasteiger partial charge in [-0.3, -0.25) is 0 Å². The van der Waals surface area contributed by atoms with E-state index < -0.39 is 5.82 Å². The van der Waals surface area contributed by atoms with Gasteiger partial charge >= 0.3 is 0 Å². The lowest BCUT2D eigenvalue weighted by Gasteiger charge is -2.18. The van der Waals surface area contributed by atoms with Gasteiger partial charge < -0.3 is 19.1 Å². The summed E-state index contributed by atoms with van der Waals surface area (Å²) in [5, 5.41) is 13.1. The van der Waals surface area contributed by atoms with E-state index in [9.17, 15) is 9.60 Å². The van der Waals surface area contributed by atoms with Crippen molar-refractivity contribution in [3.05, 3.63) is 53.6 Å². The Morgan fingerprint density at radius 2 is 1.78 bits per heavy atom. The van der Waals surface area contributed by atoms with Gasteiger partial charge in [-0.2, -0.15) is 0 Å². The minimum atomic E-state index is -0.426. The summed E-state index contributed by atoms with van der Waals surface area (Å²) in [5.74, 6) is 1.36. The lowest BCUT2D eigenvalue weighted by Crippen LogP contribution is -2.15. The zero-order chi connectivity index (χ0) is 15.8. The fourth-order valence-corrected chi connectivity index (χ4v) is 2.56. The molecular weight excluding hydrogens is 301 g/mol. The van der Waals surface area contributed by atoms with Gasteiger partial charge in [0.15, 0.2) is 11.5 Å². The molecule has 5 nitrogen and oxygen atoms in total. The lowest BCUT2D eigenvalue weighted by molar-refractivity contribution is 0.171. The van der Waals surface area contributed by atoms with Crippen LogP contribution in [-0.4, -0.2) is 18.4 Å². The Bertz CT molecular complexity index is 964. The molecule has 4 rings (SSSR count). The van der Waals surface area contributed by atoms with Gasteiger partial charge in [-0.1, -0.05) is 5.16 Å². The van der Waals surface area contributed by atoms with Crippen LogP contribution in [0.4, 0.5) is 4.39 Å². The third kappa shape index (κ3) is 2.38. The highest BCUT2D eigenvalue weighted by Gasteiger charge is 2.14. The highest BCUT2D eigenvalue weighted by molar-refractivity contribution is 5.78. The first kappa shape index (κ1) is 13.6. The largest absolute Gasteiger partial charge is 0.486 e. The third-order valence-electron chi connectivity index (χ3n) is 3.64. The monoisotopic (exact) mass is 313 g/mol. The van der Waals surface area contributed by atoms with Crippen molar-refractivity contribution in [1.82, 2.24) is 0 Å². The van der Waals surface area contributed by atoms with E-state index in [2.05, 4.69) is 5.16 Å². The van der Waals surface area contributed by atoms with Crippen molar-refractivity contribution in [3.63, 3.8) is 0 Å². The molecular formula is C17H12FNO4. The van der Waals surface area contributed by atoms with Crippen LogP contribution < -0.4 is 14.8 Å². The summed E-state index contributed by atoms with van der Waals surface area (Å²) in [7, 11) is 0. The summed E-state index contributed by atoms with van der Waals surface area (Å²) in [6.45, 7) is 1.01. The van der Waals surface area contributed by atoms with E-state index in [0.717, 1.165) is 5.56 Å². The van der Waals surface area contributed by atoms with Gasteiger partial charge in [-0.15, -0.1) is 0 Å². The minimum absolute atomic E-state index is 0.232. The molecule has 6 heteroatoms. The molecule has 1 aliphatic heterocycles. The second kappa shape index (κ2) is 5.31. The average Bonchev–Trinajstić information content (AvgIpc) is 2.60. The van der Waals surface area contributed by atoms with Crippen LogP contribution in [0.15, 0.2) is 52.0 Å². The Kier molecular flexibility index (Phi) is 3.15. The molecule has 3 aromatic rings. The van der Waals surface area contributed by atoms with E-state index in [4.69, 9.17) is 13.9 Å². The van der Waals surface area contributed by atoms with Gasteiger partial charge in [-0.05, 0) is 36.4 Å². The van der Waals surface area contributed by atoms with Gasteiger partial charge in [0, 0.05) is 17.0 Å². The number of nitrogens with zero attached hydrogens (tertiary/aromatic N) is 1. The Labute approximate surface area is 130 Å². The highest BCUT2D eigenvalue weighted by atomic mass is 19.1. The smallest absolute Gasteiger partial charge is 0.162 e. The number of hydrogen-bond donors (Lipinski definition) is 1. The predicted octanol–water partition coefficient (Wildman–Crippen LogP) is 3.30. The van der Waals surface area contributed by atoms with E-state index in [1.54, 1.807) is 18.2 Å². The SMILES string of the molecule is O/N=c1/cc(-c2ccc3c(c2)OCCO3)oc2ccc(F)cc12. The molecule has 0 radical (unpaired) electrons. The molecule has 0 amide bonds. The Hall–Kier alpha value is -3.02. The van der Waals surface area contributed by atoms with Crippen molar-refractivity contribution >= 4 is 11.0 Å². The van der Waals surface area contributed by atoms with Crippen LogP contribution in [0.5, 0.6) is 11.5 Å². The minimum Gasteiger partial charge on any atom is -0.486 e. The number of hydrogen-bond acceptors (Lipinski definition) is 5. The zero-order valence-electron chi connectivity index (χ0n) is 12.0. The van der Waals surface area contributed by atoms with Crippen LogP contribution in [0.3, 0.4) is 0 Å². The molecule has 0 saturated heterocycles. The van der Waals surface area contributed by atoms with Crippen molar-refractivity contribution in [2.24, 2.45) is 5.16 Å². The normalized spacial score (nSPS) is 14.2. The van der Waals surface area contributed by atoms with E-state index in [-0.39, 0.29) is 5.36 Å².